The van der Waals surface area contributed by atoms with E-state index in [0.717, 1.165) is 15.8 Å². The molecule has 1 aliphatic carbocycles. The van der Waals surface area contributed by atoms with Gasteiger partial charge in [0.25, 0.3) is 0 Å². The fourth-order valence-corrected chi connectivity index (χ4v) is 3.29. The van der Waals surface area contributed by atoms with Crippen molar-refractivity contribution in [3.8, 4) is 5.75 Å². The Balaban J connectivity index is 2.45. The molecule has 0 saturated heterocycles. The number of aliphatic hydroxyl groups is 1. The van der Waals surface area contributed by atoms with Crippen LogP contribution in [0.5, 0.6) is 5.75 Å². The van der Waals surface area contributed by atoms with E-state index in [0.29, 0.717) is 5.92 Å². The lowest BCUT2D eigenvalue weighted by molar-refractivity contribution is 0.199. The molecule has 1 atom stereocenters. The van der Waals surface area contributed by atoms with Gasteiger partial charge in [0.2, 0.25) is 0 Å². The van der Waals surface area contributed by atoms with Crippen molar-refractivity contribution in [2.24, 2.45) is 0 Å². The largest absolute Gasteiger partial charge is 0.495 e. The summed E-state index contributed by atoms with van der Waals surface area (Å²) >= 11 is 3.54. The molecule has 3 heteroatoms. The van der Waals surface area contributed by atoms with Gasteiger partial charge in [0.1, 0.15) is 5.75 Å². The smallest absolute Gasteiger partial charge is 0.136 e. The van der Waals surface area contributed by atoms with E-state index in [1.54, 1.807) is 14.0 Å². The van der Waals surface area contributed by atoms with Crippen LogP contribution in [0.15, 0.2) is 16.6 Å². The van der Waals surface area contributed by atoms with Crippen LogP contribution >= 0.6 is 15.9 Å². The topological polar surface area (TPSA) is 29.5 Å². The second kappa shape index (κ2) is 5.40. The number of halogens is 1. The van der Waals surface area contributed by atoms with Crippen LogP contribution in [0, 0.1) is 0 Å². The van der Waals surface area contributed by atoms with Gasteiger partial charge in [-0.15, -0.1) is 0 Å². The number of ether oxygens (including phenoxy) is 1. The predicted molar refractivity (Wildman–Crippen MR) is 72.5 cm³/mol. The van der Waals surface area contributed by atoms with Gasteiger partial charge in [-0.1, -0.05) is 12.8 Å². The lowest BCUT2D eigenvalue weighted by Gasteiger charge is -2.18. The van der Waals surface area contributed by atoms with Crippen molar-refractivity contribution in [1.29, 1.82) is 0 Å². The molecule has 1 unspecified atom stereocenters. The second-order valence-electron chi connectivity index (χ2n) is 4.78. The summed E-state index contributed by atoms with van der Waals surface area (Å²) < 4.78 is 6.44. The summed E-state index contributed by atoms with van der Waals surface area (Å²) in [6, 6.07) is 4.05. The average molecular weight is 299 g/mol. The van der Waals surface area contributed by atoms with Gasteiger partial charge >= 0.3 is 0 Å². The number of benzene rings is 1. The lowest BCUT2D eigenvalue weighted by atomic mass is 9.94. The van der Waals surface area contributed by atoms with Crippen LogP contribution in [0.2, 0.25) is 0 Å². The summed E-state index contributed by atoms with van der Waals surface area (Å²) in [4.78, 5) is 0. The molecule has 0 amide bonds. The summed E-state index contributed by atoms with van der Waals surface area (Å²) in [5.74, 6) is 1.52. The molecule has 17 heavy (non-hydrogen) atoms. The lowest BCUT2D eigenvalue weighted by Crippen LogP contribution is -2.01. The third kappa shape index (κ3) is 2.66. The minimum atomic E-state index is -0.433. The summed E-state index contributed by atoms with van der Waals surface area (Å²) in [6.07, 6.45) is 4.62. The first-order valence-corrected chi connectivity index (χ1v) is 6.98. The van der Waals surface area contributed by atoms with Crippen LogP contribution < -0.4 is 4.74 Å². The van der Waals surface area contributed by atoms with E-state index < -0.39 is 6.10 Å². The maximum atomic E-state index is 9.72. The maximum Gasteiger partial charge on any atom is 0.136 e. The Kier molecular flexibility index (Phi) is 4.10. The normalized spacial score (nSPS) is 18.4. The molecule has 0 radical (unpaired) electrons. The second-order valence-corrected chi connectivity index (χ2v) is 5.64. The number of aliphatic hydroxyl groups excluding tert-OH is 1. The van der Waals surface area contributed by atoms with Crippen LogP contribution in [0.25, 0.3) is 0 Å². The highest BCUT2D eigenvalue weighted by atomic mass is 79.9. The summed E-state index contributed by atoms with van der Waals surface area (Å²) in [5, 5.41) is 9.72. The number of rotatable bonds is 3. The minimum absolute atomic E-state index is 0.433. The highest BCUT2D eigenvalue weighted by Gasteiger charge is 2.23. The van der Waals surface area contributed by atoms with E-state index in [9.17, 15) is 5.11 Å². The van der Waals surface area contributed by atoms with Gasteiger partial charge in [-0.2, -0.15) is 0 Å². The Morgan fingerprint density at radius 3 is 2.53 bits per heavy atom. The fourth-order valence-electron chi connectivity index (χ4n) is 2.63. The first kappa shape index (κ1) is 12.9. The minimum Gasteiger partial charge on any atom is -0.495 e. The number of methoxy groups -OCH3 is 1. The van der Waals surface area contributed by atoms with Crippen LogP contribution in [0.3, 0.4) is 0 Å². The summed E-state index contributed by atoms with van der Waals surface area (Å²) in [7, 11) is 1.71. The van der Waals surface area contributed by atoms with Crippen molar-refractivity contribution < 1.29 is 9.84 Å². The molecular weight excluding hydrogens is 280 g/mol. The first-order valence-electron chi connectivity index (χ1n) is 6.19. The van der Waals surface area contributed by atoms with Gasteiger partial charge in [0.05, 0.1) is 17.7 Å². The molecule has 0 aromatic heterocycles. The molecule has 0 heterocycles. The third-order valence-electron chi connectivity index (χ3n) is 3.58. The Morgan fingerprint density at radius 2 is 2.00 bits per heavy atom. The monoisotopic (exact) mass is 298 g/mol. The van der Waals surface area contributed by atoms with Gasteiger partial charge in [-0.05, 0) is 64.9 Å². The first-order chi connectivity index (χ1) is 8.13. The molecule has 94 valence electrons. The molecule has 1 aromatic rings. The van der Waals surface area contributed by atoms with Gasteiger partial charge in [0, 0.05) is 0 Å². The van der Waals surface area contributed by atoms with E-state index in [1.807, 2.05) is 6.07 Å². The molecule has 2 nitrogen and oxygen atoms in total. The average Bonchev–Trinajstić information content (AvgIpc) is 2.81. The zero-order valence-corrected chi connectivity index (χ0v) is 12.0. The zero-order valence-electron chi connectivity index (χ0n) is 10.4. The molecule has 1 aromatic carbocycles. The number of hydrogen-bond acceptors (Lipinski definition) is 2. The maximum absolute atomic E-state index is 9.72. The Morgan fingerprint density at radius 1 is 1.35 bits per heavy atom. The van der Waals surface area contributed by atoms with Crippen molar-refractivity contribution in [3.63, 3.8) is 0 Å². The van der Waals surface area contributed by atoms with Crippen molar-refractivity contribution in [2.45, 2.75) is 44.6 Å². The quantitative estimate of drug-likeness (QED) is 0.907. The highest BCUT2D eigenvalue weighted by Crippen LogP contribution is 2.43. The molecule has 1 fully saturated rings. The van der Waals surface area contributed by atoms with Gasteiger partial charge in [-0.25, -0.2) is 0 Å². The zero-order chi connectivity index (χ0) is 12.4. The van der Waals surface area contributed by atoms with Crippen molar-refractivity contribution in [2.75, 3.05) is 7.11 Å². The third-order valence-corrected chi connectivity index (χ3v) is 4.17. The number of hydrogen-bond donors (Lipinski definition) is 1. The van der Waals surface area contributed by atoms with Crippen LogP contribution in [0.1, 0.15) is 55.8 Å². The van der Waals surface area contributed by atoms with Gasteiger partial charge < -0.3 is 9.84 Å². The fraction of sp³-hybridized carbons (Fsp3) is 0.571. The predicted octanol–water partition coefficient (Wildman–Crippen LogP) is 4.17. The Hall–Kier alpha value is -0.540. The van der Waals surface area contributed by atoms with E-state index in [-0.39, 0.29) is 0 Å². The molecule has 1 saturated carbocycles. The van der Waals surface area contributed by atoms with E-state index in [2.05, 4.69) is 22.0 Å². The van der Waals surface area contributed by atoms with Crippen molar-refractivity contribution >= 4 is 15.9 Å². The van der Waals surface area contributed by atoms with Crippen LogP contribution in [0.4, 0.5) is 0 Å². The van der Waals surface area contributed by atoms with Crippen LogP contribution in [-0.2, 0) is 0 Å². The van der Waals surface area contributed by atoms with Crippen molar-refractivity contribution in [3.05, 3.63) is 27.7 Å². The molecule has 1 aliphatic rings. The SMILES string of the molecule is COc1c(Br)cc(C(C)O)cc1C1CCCC1. The Labute approximate surface area is 111 Å². The molecular formula is C14H19BrO2. The van der Waals surface area contributed by atoms with E-state index in [4.69, 9.17) is 4.74 Å². The summed E-state index contributed by atoms with van der Waals surface area (Å²) in [5.41, 5.74) is 2.20. The molecule has 1 N–H and O–H groups in total. The molecule has 0 bridgehead atoms. The van der Waals surface area contributed by atoms with E-state index in [1.165, 1.54) is 31.2 Å². The standard InChI is InChI=1S/C14H19BrO2/c1-9(16)11-7-12(10-5-3-4-6-10)14(17-2)13(15)8-11/h7-10,16H,3-6H2,1-2H3. The van der Waals surface area contributed by atoms with Gasteiger partial charge in [0.15, 0.2) is 0 Å². The highest BCUT2D eigenvalue weighted by molar-refractivity contribution is 9.10. The molecule has 0 aliphatic heterocycles. The van der Waals surface area contributed by atoms with Crippen LogP contribution in [-0.4, -0.2) is 12.2 Å². The summed E-state index contributed by atoms with van der Waals surface area (Å²) in [6.45, 7) is 1.80. The Bertz CT molecular complexity index is 395. The van der Waals surface area contributed by atoms with Crippen molar-refractivity contribution in [1.82, 2.24) is 0 Å². The molecule has 2 rings (SSSR count). The molecule has 0 spiro atoms. The van der Waals surface area contributed by atoms with E-state index >= 15 is 0 Å². The van der Waals surface area contributed by atoms with Gasteiger partial charge in [-0.3, -0.25) is 0 Å².